The Hall–Kier alpha value is -2.70. The van der Waals surface area contributed by atoms with E-state index in [2.05, 4.69) is 4.98 Å². The molecule has 3 heterocycles. The molecule has 0 atom stereocenters. The van der Waals surface area contributed by atoms with E-state index in [4.69, 9.17) is 0 Å². The van der Waals surface area contributed by atoms with Gasteiger partial charge in [-0.15, -0.1) is 0 Å². The van der Waals surface area contributed by atoms with E-state index in [1.54, 1.807) is 4.90 Å². The topological polar surface area (TPSA) is 73.5 Å². The monoisotopic (exact) mass is 371 g/mol. The van der Waals surface area contributed by atoms with Crippen LogP contribution in [0.25, 0.3) is 10.9 Å². The number of amides is 2. The number of aromatic amines is 1. The van der Waals surface area contributed by atoms with Crippen LogP contribution < -0.4 is 5.43 Å². The number of aromatic nitrogens is 1. The second kappa shape index (κ2) is 6.48. The van der Waals surface area contributed by atoms with Crippen molar-refractivity contribution in [1.29, 1.82) is 0 Å². The molecule has 1 aromatic carbocycles. The third-order valence-corrected chi connectivity index (χ3v) is 5.97. The molecule has 6 nitrogen and oxygen atoms in total. The third kappa shape index (κ3) is 3.01. The van der Waals surface area contributed by atoms with Crippen molar-refractivity contribution in [3.63, 3.8) is 0 Å². The third-order valence-electron chi connectivity index (χ3n) is 5.97. The van der Waals surface area contributed by atoms with Gasteiger partial charge in [0, 0.05) is 55.1 Å². The van der Waals surface area contributed by atoms with Gasteiger partial charge in [0.15, 0.2) is 0 Å². The van der Waals surface area contributed by atoms with Crippen LogP contribution in [0.3, 0.4) is 0 Å². The van der Waals surface area contributed by atoms with E-state index < -0.39 is 11.2 Å². The molecule has 0 bridgehead atoms. The second-order valence-corrected chi connectivity index (χ2v) is 7.60. The lowest BCUT2D eigenvalue weighted by atomic mass is 9.77. The van der Waals surface area contributed by atoms with Crippen molar-refractivity contribution in [3.05, 3.63) is 46.0 Å². The Morgan fingerprint density at radius 3 is 2.67 bits per heavy atom. The summed E-state index contributed by atoms with van der Waals surface area (Å²) in [7, 11) is 0. The van der Waals surface area contributed by atoms with E-state index in [1.807, 2.05) is 11.8 Å². The Kier molecular flexibility index (Phi) is 4.25. The maximum absolute atomic E-state index is 13.5. The van der Waals surface area contributed by atoms with Crippen molar-refractivity contribution in [3.8, 4) is 0 Å². The number of hydrogen-bond acceptors (Lipinski definition) is 3. The van der Waals surface area contributed by atoms with Gasteiger partial charge in [-0.05, 0) is 38.0 Å². The summed E-state index contributed by atoms with van der Waals surface area (Å²) in [5.74, 6) is -0.664. The largest absolute Gasteiger partial charge is 0.360 e. The number of nitrogens with zero attached hydrogens (tertiary/aromatic N) is 2. The molecule has 1 N–H and O–H groups in total. The van der Waals surface area contributed by atoms with Crippen molar-refractivity contribution < 1.29 is 14.0 Å². The second-order valence-electron chi connectivity index (χ2n) is 7.60. The summed E-state index contributed by atoms with van der Waals surface area (Å²) in [4.78, 5) is 44.1. The van der Waals surface area contributed by atoms with Gasteiger partial charge in [0.05, 0.1) is 0 Å². The predicted molar refractivity (Wildman–Crippen MR) is 99.0 cm³/mol. The zero-order valence-corrected chi connectivity index (χ0v) is 15.3. The highest BCUT2D eigenvalue weighted by atomic mass is 19.1. The average Bonchev–Trinajstić information content (AvgIpc) is 2.97. The van der Waals surface area contributed by atoms with Crippen LogP contribution in [0.5, 0.6) is 0 Å². The number of fused-ring (bicyclic) bond motifs is 1. The van der Waals surface area contributed by atoms with Gasteiger partial charge in [-0.3, -0.25) is 14.4 Å². The minimum absolute atomic E-state index is 0.0294. The summed E-state index contributed by atoms with van der Waals surface area (Å²) >= 11 is 0. The molecule has 0 radical (unpaired) electrons. The number of hydrogen-bond donors (Lipinski definition) is 1. The average molecular weight is 371 g/mol. The van der Waals surface area contributed by atoms with Gasteiger partial charge < -0.3 is 14.8 Å². The molecular weight excluding hydrogens is 349 g/mol. The molecule has 1 spiro atoms. The van der Waals surface area contributed by atoms with Crippen molar-refractivity contribution in [2.45, 2.75) is 26.2 Å². The molecule has 1 aromatic heterocycles. The Balaban J connectivity index is 1.54. The van der Waals surface area contributed by atoms with E-state index in [1.165, 1.54) is 18.3 Å². The van der Waals surface area contributed by atoms with Gasteiger partial charge in [-0.1, -0.05) is 0 Å². The molecule has 142 valence electrons. The number of nitrogens with one attached hydrogen (secondary N) is 1. The SMILES string of the molecule is CCN1CC2(CCN(C(=O)c3c[nH]c4ccc(F)cc4c3=O)CC2)CC1=O. The number of pyridine rings is 1. The minimum atomic E-state index is -0.510. The number of rotatable bonds is 2. The summed E-state index contributed by atoms with van der Waals surface area (Å²) in [6.07, 6.45) is 3.45. The van der Waals surface area contributed by atoms with Crippen molar-refractivity contribution in [2.75, 3.05) is 26.2 Å². The van der Waals surface area contributed by atoms with Crippen LogP contribution in [0.2, 0.25) is 0 Å². The van der Waals surface area contributed by atoms with E-state index in [0.29, 0.717) is 31.6 Å². The molecule has 2 saturated heterocycles. The lowest BCUT2D eigenvalue weighted by Gasteiger charge is -2.38. The van der Waals surface area contributed by atoms with Gasteiger partial charge in [-0.2, -0.15) is 0 Å². The van der Waals surface area contributed by atoms with Crippen LogP contribution in [0.4, 0.5) is 4.39 Å². The van der Waals surface area contributed by atoms with Gasteiger partial charge in [0.25, 0.3) is 5.91 Å². The fourth-order valence-corrected chi connectivity index (χ4v) is 4.31. The maximum Gasteiger partial charge on any atom is 0.259 e. The molecule has 2 fully saturated rings. The molecule has 7 heteroatoms. The number of halogens is 1. The lowest BCUT2D eigenvalue weighted by Crippen LogP contribution is -2.45. The lowest BCUT2D eigenvalue weighted by molar-refractivity contribution is -0.127. The maximum atomic E-state index is 13.5. The molecule has 0 aliphatic carbocycles. The normalized spacial score (nSPS) is 19.3. The molecule has 0 saturated carbocycles. The minimum Gasteiger partial charge on any atom is -0.360 e. The molecule has 2 aliphatic heterocycles. The van der Waals surface area contributed by atoms with Gasteiger partial charge >= 0.3 is 0 Å². The van der Waals surface area contributed by atoms with Gasteiger partial charge in [0.2, 0.25) is 11.3 Å². The Morgan fingerprint density at radius 1 is 1.26 bits per heavy atom. The number of carbonyl (C=O) groups is 2. The van der Waals surface area contributed by atoms with Crippen LogP contribution in [0, 0.1) is 11.2 Å². The first-order valence-electron chi connectivity index (χ1n) is 9.30. The molecule has 2 amide bonds. The number of likely N-dealkylation sites (tertiary alicyclic amines) is 2. The standard InChI is InChI=1S/C20H22FN3O3/c1-2-23-12-20(10-17(23)25)5-7-24(8-6-20)19(27)15-11-22-16-4-3-13(21)9-14(16)18(15)26/h3-4,9,11H,2,5-8,10,12H2,1H3,(H,22,26). The number of piperidine rings is 1. The zero-order valence-electron chi connectivity index (χ0n) is 15.3. The molecular formula is C20H22FN3O3. The summed E-state index contributed by atoms with van der Waals surface area (Å²) < 4.78 is 13.5. The highest BCUT2D eigenvalue weighted by Gasteiger charge is 2.45. The first-order chi connectivity index (χ1) is 12.9. The molecule has 2 aromatic rings. The van der Waals surface area contributed by atoms with E-state index in [-0.39, 0.29) is 28.2 Å². The van der Waals surface area contributed by atoms with Crippen LogP contribution in [-0.2, 0) is 4.79 Å². The number of benzene rings is 1. The molecule has 27 heavy (non-hydrogen) atoms. The summed E-state index contributed by atoms with van der Waals surface area (Å²) in [5, 5.41) is 0.175. The molecule has 2 aliphatic rings. The Morgan fingerprint density at radius 2 is 2.00 bits per heavy atom. The summed E-state index contributed by atoms with van der Waals surface area (Å²) in [6.45, 7) is 4.48. The fraction of sp³-hybridized carbons (Fsp3) is 0.450. The van der Waals surface area contributed by atoms with Crippen LogP contribution in [0.1, 0.15) is 36.5 Å². The van der Waals surface area contributed by atoms with Crippen molar-refractivity contribution >= 4 is 22.7 Å². The first-order valence-corrected chi connectivity index (χ1v) is 9.30. The number of carbonyl (C=O) groups excluding carboxylic acids is 2. The zero-order chi connectivity index (χ0) is 19.2. The highest BCUT2D eigenvalue weighted by Crippen LogP contribution is 2.41. The van der Waals surface area contributed by atoms with Crippen LogP contribution in [0.15, 0.2) is 29.2 Å². The first kappa shape index (κ1) is 17.7. The highest BCUT2D eigenvalue weighted by molar-refractivity contribution is 5.97. The molecule has 0 unspecified atom stereocenters. The summed E-state index contributed by atoms with van der Waals surface area (Å²) in [6, 6.07) is 3.91. The summed E-state index contributed by atoms with van der Waals surface area (Å²) in [5.41, 5.74) is 0.0196. The number of H-pyrrole nitrogens is 1. The van der Waals surface area contributed by atoms with E-state index in [0.717, 1.165) is 25.5 Å². The van der Waals surface area contributed by atoms with E-state index in [9.17, 15) is 18.8 Å². The predicted octanol–water partition coefficient (Wildman–Crippen LogP) is 2.14. The quantitative estimate of drug-likeness (QED) is 0.879. The Labute approximate surface area is 156 Å². The van der Waals surface area contributed by atoms with Crippen LogP contribution in [-0.4, -0.2) is 52.8 Å². The van der Waals surface area contributed by atoms with Gasteiger partial charge in [-0.25, -0.2) is 4.39 Å². The van der Waals surface area contributed by atoms with Crippen molar-refractivity contribution in [2.24, 2.45) is 5.41 Å². The smallest absolute Gasteiger partial charge is 0.259 e. The van der Waals surface area contributed by atoms with Gasteiger partial charge in [0.1, 0.15) is 11.4 Å². The Bertz CT molecular complexity index is 976. The fourth-order valence-electron chi connectivity index (χ4n) is 4.31. The van der Waals surface area contributed by atoms with Crippen LogP contribution >= 0.6 is 0 Å². The van der Waals surface area contributed by atoms with E-state index >= 15 is 0 Å². The van der Waals surface area contributed by atoms with Crippen molar-refractivity contribution in [1.82, 2.24) is 14.8 Å². The molecule has 4 rings (SSSR count).